The fraction of sp³-hybridized carbons (Fsp3) is 0.188. The Morgan fingerprint density at radius 2 is 1.90 bits per heavy atom. The van der Waals surface area contributed by atoms with E-state index >= 15 is 0 Å². The van der Waals surface area contributed by atoms with Crippen LogP contribution in [0.25, 0.3) is 0 Å². The van der Waals surface area contributed by atoms with Gasteiger partial charge in [0.15, 0.2) is 5.82 Å². The molecule has 21 heavy (non-hydrogen) atoms. The molecule has 2 aromatic heterocycles. The van der Waals surface area contributed by atoms with Crippen molar-refractivity contribution < 1.29 is 4.52 Å². The highest BCUT2D eigenvalue weighted by atomic mass is 16.5. The summed E-state index contributed by atoms with van der Waals surface area (Å²) in [5.41, 5.74) is 2.10. The molecule has 5 heteroatoms. The number of aromatic nitrogens is 3. The molecule has 0 saturated heterocycles. The summed E-state index contributed by atoms with van der Waals surface area (Å²) in [6.45, 7) is 2.30. The summed E-state index contributed by atoms with van der Waals surface area (Å²) in [7, 11) is 0. The first-order chi connectivity index (χ1) is 10.3. The van der Waals surface area contributed by atoms with Crippen LogP contribution in [0.3, 0.4) is 0 Å². The van der Waals surface area contributed by atoms with Gasteiger partial charge in [-0.2, -0.15) is 4.98 Å². The highest BCUT2D eigenvalue weighted by Gasteiger charge is 2.15. The number of pyridine rings is 1. The first-order valence-electron chi connectivity index (χ1n) is 6.81. The second-order valence-electron chi connectivity index (χ2n) is 4.71. The van der Waals surface area contributed by atoms with Crippen LogP contribution in [0.5, 0.6) is 0 Å². The number of aryl methyl sites for hydroxylation is 1. The van der Waals surface area contributed by atoms with Gasteiger partial charge in [-0.15, -0.1) is 0 Å². The van der Waals surface area contributed by atoms with Crippen LogP contribution in [0.1, 0.15) is 29.0 Å². The highest BCUT2D eigenvalue weighted by Crippen LogP contribution is 2.20. The maximum absolute atomic E-state index is 5.14. The molecule has 5 nitrogen and oxygen atoms in total. The van der Waals surface area contributed by atoms with Crippen molar-refractivity contribution in [1.29, 1.82) is 0 Å². The van der Waals surface area contributed by atoms with Gasteiger partial charge in [-0.05, 0) is 24.6 Å². The molecule has 0 saturated carbocycles. The van der Waals surface area contributed by atoms with Gasteiger partial charge in [0.25, 0.3) is 0 Å². The molecule has 1 aromatic carbocycles. The lowest BCUT2D eigenvalue weighted by Gasteiger charge is -2.17. The predicted molar refractivity (Wildman–Crippen MR) is 78.4 cm³/mol. The first-order valence-corrected chi connectivity index (χ1v) is 6.81. The SMILES string of the molecule is Cc1noc(CNC(c2ccccc2)c2ccccn2)n1. The van der Waals surface area contributed by atoms with Crippen molar-refractivity contribution in [2.24, 2.45) is 0 Å². The minimum atomic E-state index is -0.0143. The minimum Gasteiger partial charge on any atom is -0.338 e. The Bertz CT molecular complexity index is 642. The number of rotatable bonds is 5. The summed E-state index contributed by atoms with van der Waals surface area (Å²) in [5.74, 6) is 1.21. The zero-order chi connectivity index (χ0) is 14.5. The largest absolute Gasteiger partial charge is 0.338 e. The molecule has 0 aliphatic carbocycles. The molecule has 1 unspecified atom stereocenters. The Hall–Kier alpha value is -2.53. The topological polar surface area (TPSA) is 63.8 Å². The summed E-state index contributed by atoms with van der Waals surface area (Å²) in [5, 5.41) is 7.22. The predicted octanol–water partition coefficient (Wildman–Crippen LogP) is 2.65. The average molecular weight is 280 g/mol. The van der Waals surface area contributed by atoms with Crippen molar-refractivity contribution in [3.05, 3.63) is 77.7 Å². The van der Waals surface area contributed by atoms with E-state index in [1.165, 1.54) is 0 Å². The zero-order valence-electron chi connectivity index (χ0n) is 11.7. The van der Waals surface area contributed by atoms with Gasteiger partial charge in [0.05, 0.1) is 18.3 Å². The van der Waals surface area contributed by atoms with Crippen molar-refractivity contribution in [3.8, 4) is 0 Å². The van der Waals surface area contributed by atoms with Crippen LogP contribution in [0.2, 0.25) is 0 Å². The third-order valence-electron chi connectivity index (χ3n) is 3.14. The van der Waals surface area contributed by atoms with Crippen molar-refractivity contribution in [1.82, 2.24) is 20.4 Å². The van der Waals surface area contributed by atoms with Crippen LogP contribution >= 0.6 is 0 Å². The van der Waals surface area contributed by atoms with E-state index in [0.29, 0.717) is 18.3 Å². The molecule has 106 valence electrons. The Balaban J connectivity index is 1.83. The smallest absolute Gasteiger partial charge is 0.240 e. The van der Waals surface area contributed by atoms with Crippen molar-refractivity contribution in [3.63, 3.8) is 0 Å². The van der Waals surface area contributed by atoms with Crippen LogP contribution in [-0.4, -0.2) is 15.1 Å². The lowest BCUT2D eigenvalue weighted by Crippen LogP contribution is -2.23. The molecule has 1 atom stereocenters. The van der Waals surface area contributed by atoms with E-state index < -0.39 is 0 Å². The van der Waals surface area contributed by atoms with Gasteiger partial charge in [-0.25, -0.2) is 0 Å². The Morgan fingerprint density at radius 3 is 2.57 bits per heavy atom. The summed E-state index contributed by atoms with van der Waals surface area (Å²) in [6.07, 6.45) is 1.80. The van der Waals surface area contributed by atoms with Gasteiger partial charge in [0, 0.05) is 6.20 Å². The fourth-order valence-electron chi connectivity index (χ4n) is 2.19. The number of benzene rings is 1. The normalized spacial score (nSPS) is 12.2. The van der Waals surface area contributed by atoms with E-state index in [4.69, 9.17) is 4.52 Å². The average Bonchev–Trinajstić information content (AvgIpc) is 2.95. The van der Waals surface area contributed by atoms with E-state index in [2.05, 4.69) is 32.6 Å². The summed E-state index contributed by atoms with van der Waals surface area (Å²) >= 11 is 0. The van der Waals surface area contributed by atoms with Crippen molar-refractivity contribution >= 4 is 0 Å². The van der Waals surface area contributed by atoms with Crippen LogP contribution in [0.4, 0.5) is 0 Å². The van der Waals surface area contributed by atoms with Gasteiger partial charge in [-0.1, -0.05) is 41.6 Å². The Morgan fingerprint density at radius 1 is 1.10 bits per heavy atom. The number of nitrogens with zero attached hydrogens (tertiary/aromatic N) is 3. The second kappa shape index (κ2) is 6.28. The van der Waals surface area contributed by atoms with Crippen molar-refractivity contribution in [2.45, 2.75) is 19.5 Å². The van der Waals surface area contributed by atoms with E-state index in [0.717, 1.165) is 11.3 Å². The van der Waals surface area contributed by atoms with Crippen LogP contribution < -0.4 is 5.32 Å². The van der Waals surface area contributed by atoms with Gasteiger partial charge in [0.1, 0.15) is 0 Å². The molecule has 0 radical (unpaired) electrons. The second-order valence-corrected chi connectivity index (χ2v) is 4.71. The van der Waals surface area contributed by atoms with Crippen molar-refractivity contribution in [2.75, 3.05) is 0 Å². The molecule has 3 rings (SSSR count). The first kappa shape index (κ1) is 13.5. The number of hydrogen-bond donors (Lipinski definition) is 1. The van der Waals surface area contributed by atoms with Crippen LogP contribution in [0, 0.1) is 6.92 Å². The van der Waals surface area contributed by atoms with Gasteiger partial charge < -0.3 is 4.52 Å². The van der Waals surface area contributed by atoms with E-state index in [-0.39, 0.29) is 6.04 Å². The molecule has 0 aliphatic rings. The quantitative estimate of drug-likeness (QED) is 0.778. The van der Waals surface area contributed by atoms with Crippen LogP contribution in [0.15, 0.2) is 59.3 Å². The van der Waals surface area contributed by atoms with Crippen LogP contribution in [-0.2, 0) is 6.54 Å². The maximum atomic E-state index is 5.14. The third-order valence-corrected chi connectivity index (χ3v) is 3.14. The molecule has 1 N–H and O–H groups in total. The van der Waals surface area contributed by atoms with Gasteiger partial charge >= 0.3 is 0 Å². The molecular formula is C16H16N4O. The van der Waals surface area contributed by atoms with Gasteiger partial charge in [0.2, 0.25) is 5.89 Å². The Labute approximate surface area is 123 Å². The van der Waals surface area contributed by atoms with E-state index in [1.807, 2.05) is 36.4 Å². The maximum Gasteiger partial charge on any atom is 0.240 e. The molecule has 0 bridgehead atoms. The Kier molecular flexibility index (Phi) is 4.02. The van der Waals surface area contributed by atoms with Gasteiger partial charge in [-0.3, -0.25) is 10.3 Å². The molecule has 0 spiro atoms. The molecular weight excluding hydrogens is 264 g/mol. The minimum absolute atomic E-state index is 0.0143. The van der Waals surface area contributed by atoms with E-state index in [1.54, 1.807) is 13.1 Å². The summed E-state index contributed by atoms with van der Waals surface area (Å²) < 4.78 is 5.14. The zero-order valence-corrected chi connectivity index (χ0v) is 11.7. The fourth-order valence-corrected chi connectivity index (χ4v) is 2.19. The monoisotopic (exact) mass is 280 g/mol. The molecule has 2 heterocycles. The lowest BCUT2D eigenvalue weighted by atomic mass is 10.0. The standard InChI is InChI=1S/C16H16N4O/c1-12-19-15(21-20-12)11-18-16(13-7-3-2-4-8-13)14-9-5-6-10-17-14/h2-10,16,18H,11H2,1H3. The molecule has 0 fully saturated rings. The molecule has 0 amide bonds. The number of nitrogens with one attached hydrogen (secondary N) is 1. The van der Waals surface area contributed by atoms with E-state index in [9.17, 15) is 0 Å². The lowest BCUT2D eigenvalue weighted by molar-refractivity contribution is 0.359. The molecule has 0 aliphatic heterocycles. The summed E-state index contributed by atoms with van der Waals surface area (Å²) in [6, 6.07) is 16.1. The summed E-state index contributed by atoms with van der Waals surface area (Å²) in [4.78, 5) is 8.65. The third kappa shape index (κ3) is 3.32. The number of hydrogen-bond acceptors (Lipinski definition) is 5. The highest BCUT2D eigenvalue weighted by molar-refractivity contribution is 5.27. The molecule has 3 aromatic rings.